The van der Waals surface area contributed by atoms with E-state index in [0.717, 1.165) is 0 Å². The van der Waals surface area contributed by atoms with E-state index in [1.165, 1.54) is 22.3 Å². The van der Waals surface area contributed by atoms with Gasteiger partial charge in [0.05, 0.1) is 0 Å². The molecule has 0 aliphatic heterocycles. The highest BCUT2D eigenvalue weighted by Crippen LogP contribution is 2.18. The molecule has 0 bridgehead atoms. The van der Waals surface area contributed by atoms with Gasteiger partial charge in [0.15, 0.2) is 0 Å². The number of rotatable bonds is 2. The van der Waals surface area contributed by atoms with Gasteiger partial charge in [-0.3, -0.25) is 0 Å². The van der Waals surface area contributed by atoms with Crippen molar-refractivity contribution in [3.8, 4) is 22.3 Å². The number of hydrogen-bond acceptors (Lipinski definition) is 0. The van der Waals surface area contributed by atoms with Crippen molar-refractivity contribution in [2.24, 2.45) is 0 Å². The smallest absolute Gasteiger partial charge is 0.0184 e. The standard InChI is InChI=1S/2C12H10/c2*1-3-7-11(8-4-1)12-9-5-2-6-10-12/h2*1-10H. The second kappa shape index (κ2) is 8.50. The van der Waals surface area contributed by atoms with E-state index in [1.54, 1.807) is 0 Å². The van der Waals surface area contributed by atoms with Gasteiger partial charge in [-0.25, -0.2) is 0 Å². The van der Waals surface area contributed by atoms with Crippen LogP contribution in [0, 0.1) is 0 Å². The van der Waals surface area contributed by atoms with Crippen LogP contribution in [0.15, 0.2) is 121 Å². The highest BCUT2D eigenvalue weighted by atomic mass is 14.0. The van der Waals surface area contributed by atoms with Gasteiger partial charge in [-0.1, -0.05) is 121 Å². The largest absolute Gasteiger partial charge is 0.0622 e. The van der Waals surface area contributed by atoms with Crippen molar-refractivity contribution < 1.29 is 0 Å². The zero-order chi connectivity index (χ0) is 16.5. The van der Waals surface area contributed by atoms with Crippen molar-refractivity contribution in [1.82, 2.24) is 0 Å². The molecule has 0 heterocycles. The third-order valence-electron chi connectivity index (χ3n) is 3.76. The van der Waals surface area contributed by atoms with E-state index in [1.807, 2.05) is 24.3 Å². The van der Waals surface area contributed by atoms with E-state index in [4.69, 9.17) is 0 Å². The second-order valence-corrected chi connectivity index (χ2v) is 5.46. The summed E-state index contributed by atoms with van der Waals surface area (Å²) >= 11 is 0. The molecule has 0 fully saturated rings. The van der Waals surface area contributed by atoms with E-state index < -0.39 is 0 Å². The van der Waals surface area contributed by atoms with Gasteiger partial charge in [0, 0.05) is 0 Å². The lowest BCUT2D eigenvalue weighted by atomic mass is 10.1. The zero-order valence-corrected chi connectivity index (χ0v) is 13.5. The minimum atomic E-state index is 1.28. The molecule has 0 radical (unpaired) electrons. The average molecular weight is 308 g/mol. The molecule has 0 aliphatic carbocycles. The first-order valence-corrected chi connectivity index (χ1v) is 8.14. The molecule has 0 atom stereocenters. The van der Waals surface area contributed by atoms with Crippen LogP contribution < -0.4 is 0 Å². The van der Waals surface area contributed by atoms with Crippen LogP contribution in [0.1, 0.15) is 0 Å². The fraction of sp³-hybridized carbons (Fsp3) is 0. The molecule has 0 heteroatoms. The van der Waals surface area contributed by atoms with E-state index in [9.17, 15) is 0 Å². The van der Waals surface area contributed by atoms with Crippen molar-refractivity contribution in [1.29, 1.82) is 0 Å². The molecule has 116 valence electrons. The molecular formula is C24H20. The molecule has 24 heavy (non-hydrogen) atoms. The molecule has 4 aromatic carbocycles. The van der Waals surface area contributed by atoms with Gasteiger partial charge in [-0.05, 0) is 22.3 Å². The summed E-state index contributed by atoms with van der Waals surface area (Å²) in [6, 6.07) is 41.6. The third-order valence-corrected chi connectivity index (χ3v) is 3.76. The highest BCUT2D eigenvalue weighted by Gasteiger charge is 1.92. The molecule has 0 spiro atoms. The first-order valence-electron chi connectivity index (χ1n) is 8.14. The molecule has 0 saturated carbocycles. The molecule has 4 rings (SSSR count). The fourth-order valence-corrected chi connectivity index (χ4v) is 2.52. The molecule has 0 amide bonds. The third kappa shape index (κ3) is 4.44. The lowest BCUT2D eigenvalue weighted by molar-refractivity contribution is 1.62. The van der Waals surface area contributed by atoms with Crippen LogP contribution in [-0.2, 0) is 0 Å². The summed E-state index contributed by atoms with van der Waals surface area (Å²) in [6.07, 6.45) is 0. The molecule has 0 unspecified atom stereocenters. The predicted molar refractivity (Wildman–Crippen MR) is 104 cm³/mol. The quantitative estimate of drug-likeness (QED) is 0.386. The second-order valence-electron chi connectivity index (χ2n) is 5.46. The predicted octanol–water partition coefficient (Wildman–Crippen LogP) is 6.71. The Kier molecular flexibility index (Phi) is 5.58. The molecule has 0 aromatic heterocycles. The lowest BCUT2D eigenvalue weighted by Gasteiger charge is -1.98. The molecule has 0 nitrogen and oxygen atoms in total. The summed E-state index contributed by atoms with van der Waals surface area (Å²) in [5, 5.41) is 0. The van der Waals surface area contributed by atoms with Crippen LogP contribution >= 0.6 is 0 Å². The van der Waals surface area contributed by atoms with Crippen LogP contribution in [0.3, 0.4) is 0 Å². The summed E-state index contributed by atoms with van der Waals surface area (Å²) in [4.78, 5) is 0. The van der Waals surface area contributed by atoms with Crippen molar-refractivity contribution in [3.63, 3.8) is 0 Å². The maximum Gasteiger partial charge on any atom is -0.0184 e. The maximum absolute atomic E-state index is 2.12. The van der Waals surface area contributed by atoms with Crippen LogP contribution in [0.2, 0.25) is 0 Å². The van der Waals surface area contributed by atoms with Gasteiger partial charge in [0.25, 0.3) is 0 Å². The number of benzene rings is 4. The van der Waals surface area contributed by atoms with Crippen LogP contribution in [0.4, 0.5) is 0 Å². The summed E-state index contributed by atoms with van der Waals surface area (Å²) in [5.41, 5.74) is 5.10. The Morgan fingerprint density at radius 3 is 0.542 bits per heavy atom. The first kappa shape index (κ1) is 15.8. The van der Waals surface area contributed by atoms with Crippen LogP contribution in [0.5, 0.6) is 0 Å². The van der Waals surface area contributed by atoms with Gasteiger partial charge >= 0.3 is 0 Å². The Labute approximate surface area is 144 Å². The van der Waals surface area contributed by atoms with Crippen molar-refractivity contribution in [2.45, 2.75) is 0 Å². The Balaban J connectivity index is 0.000000141. The summed E-state index contributed by atoms with van der Waals surface area (Å²) in [5.74, 6) is 0. The summed E-state index contributed by atoms with van der Waals surface area (Å²) in [6.45, 7) is 0. The maximum atomic E-state index is 2.12. The number of hydrogen-bond donors (Lipinski definition) is 0. The fourth-order valence-electron chi connectivity index (χ4n) is 2.52. The lowest BCUT2D eigenvalue weighted by Crippen LogP contribution is -1.73. The highest BCUT2D eigenvalue weighted by molar-refractivity contribution is 5.63. The van der Waals surface area contributed by atoms with Gasteiger partial charge < -0.3 is 0 Å². The molecule has 0 N–H and O–H groups in total. The van der Waals surface area contributed by atoms with Gasteiger partial charge in [-0.2, -0.15) is 0 Å². The van der Waals surface area contributed by atoms with Crippen LogP contribution in [0.25, 0.3) is 22.3 Å². The average Bonchev–Trinajstić information content (AvgIpc) is 2.71. The van der Waals surface area contributed by atoms with Gasteiger partial charge in [0.2, 0.25) is 0 Å². The van der Waals surface area contributed by atoms with Crippen molar-refractivity contribution >= 4 is 0 Å². The molecule has 0 saturated heterocycles. The normalized spacial score (nSPS) is 9.67. The molecule has 0 aliphatic rings. The van der Waals surface area contributed by atoms with E-state index in [2.05, 4.69) is 97.1 Å². The van der Waals surface area contributed by atoms with E-state index in [-0.39, 0.29) is 0 Å². The van der Waals surface area contributed by atoms with Crippen molar-refractivity contribution in [3.05, 3.63) is 121 Å². The zero-order valence-electron chi connectivity index (χ0n) is 13.5. The topological polar surface area (TPSA) is 0 Å². The van der Waals surface area contributed by atoms with Gasteiger partial charge in [0.1, 0.15) is 0 Å². The minimum Gasteiger partial charge on any atom is -0.0622 e. The minimum absolute atomic E-state index is 1.28. The Bertz CT molecular complexity index is 670. The monoisotopic (exact) mass is 308 g/mol. The van der Waals surface area contributed by atoms with Crippen molar-refractivity contribution in [2.75, 3.05) is 0 Å². The SMILES string of the molecule is c1ccc(-c2ccccc2)cc1.c1ccc(-c2ccccc2)cc1. The summed E-state index contributed by atoms with van der Waals surface area (Å²) in [7, 11) is 0. The van der Waals surface area contributed by atoms with Crippen LogP contribution in [-0.4, -0.2) is 0 Å². The first-order chi connectivity index (χ1) is 11.9. The molecule has 4 aromatic rings. The van der Waals surface area contributed by atoms with Gasteiger partial charge in [-0.15, -0.1) is 0 Å². The Hall–Kier alpha value is -3.12. The van der Waals surface area contributed by atoms with E-state index >= 15 is 0 Å². The molecular weight excluding hydrogens is 288 g/mol. The Morgan fingerprint density at radius 2 is 0.375 bits per heavy atom. The summed E-state index contributed by atoms with van der Waals surface area (Å²) < 4.78 is 0. The Morgan fingerprint density at radius 1 is 0.208 bits per heavy atom. The van der Waals surface area contributed by atoms with E-state index in [0.29, 0.717) is 0 Å².